The van der Waals surface area contributed by atoms with Crippen LogP contribution in [0.3, 0.4) is 0 Å². The van der Waals surface area contributed by atoms with Gasteiger partial charge in [-0.05, 0) is 31.5 Å². The standard InChI is InChI=1S/C15H15F7O3/c1-3-25-11(23)9-5-4-6-10(7-9)12(2,24)8-13(16,17)14(18,19)15(20,21)22/h4-7,24H,3,8H2,1-2H3. The fourth-order valence-corrected chi connectivity index (χ4v) is 2.05. The second-order valence-electron chi connectivity index (χ2n) is 5.53. The van der Waals surface area contributed by atoms with E-state index in [0.29, 0.717) is 6.92 Å². The molecule has 1 unspecified atom stereocenters. The Morgan fingerprint density at radius 2 is 1.68 bits per heavy atom. The lowest BCUT2D eigenvalue weighted by Gasteiger charge is -2.34. The van der Waals surface area contributed by atoms with Crippen LogP contribution in [0.1, 0.15) is 36.2 Å². The number of aliphatic hydroxyl groups is 1. The summed E-state index contributed by atoms with van der Waals surface area (Å²) in [6.45, 7) is 2.14. The molecule has 0 bridgehead atoms. The van der Waals surface area contributed by atoms with Crippen molar-refractivity contribution < 1.29 is 45.4 Å². The molecule has 3 nitrogen and oxygen atoms in total. The maximum Gasteiger partial charge on any atom is 0.459 e. The zero-order valence-corrected chi connectivity index (χ0v) is 13.1. The van der Waals surface area contributed by atoms with Gasteiger partial charge in [-0.2, -0.15) is 30.7 Å². The molecule has 0 aromatic heterocycles. The number of benzene rings is 1. The lowest BCUT2D eigenvalue weighted by Crippen LogP contribution is -2.54. The van der Waals surface area contributed by atoms with E-state index in [-0.39, 0.29) is 12.2 Å². The van der Waals surface area contributed by atoms with E-state index in [2.05, 4.69) is 4.74 Å². The maximum atomic E-state index is 13.5. The number of rotatable bonds is 6. The Morgan fingerprint density at radius 1 is 1.12 bits per heavy atom. The van der Waals surface area contributed by atoms with Gasteiger partial charge >= 0.3 is 24.0 Å². The van der Waals surface area contributed by atoms with E-state index in [0.717, 1.165) is 18.2 Å². The van der Waals surface area contributed by atoms with Gasteiger partial charge in [-0.25, -0.2) is 4.79 Å². The molecule has 0 heterocycles. The second-order valence-corrected chi connectivity index (χ2v) is 5.53. The maximum absolute atomic E-state index is 13.5. The third kappa shape index (κ3) is 4.42. The third-order valence-corrected chi connectivity index (χ3v) is 3.38. The Kier molecular flexibility index (Phi) is 5.78. The van der Waals surface area contributed by atoms with E-state index in [1.165, 1.54) is 13.0 Å². The number of carbonyl (C=O) groups is 1. The highest BCUT2D eigenvalue weighted by atomic mass is 19.4. The van der Waals surface area contributed by atoms with Crippen LogP contribution < -0.4 is 0 Å². The molecule has 0 aliphatic carbocycles. The number of hydrogen-bond acceptors (Lipinski definition) is 3. The van der Waals surface area contributed by atoms with Crippen molar-refractivity contribution in [3.05, 3.63) is 35.4 Å². The summed E-state index contributed by atoms with van der Waals surface area (Å²) in [5.74, 6) is -12.8. The molecule has 1 aromatic carbocycles. The van der Waals surface area contributed by atoms with Gasteiger partial charge in [0.15, 0.2) is 0 Å². The van der Waals surface area contributed by atoms with E-state index >= 15 is 0 Å². The summed E-state index contributed by atoms with van der Waals surface area (Å²) >= 11 is 0. The lowest BCUT2D eigenvalue weighted by atomic mass is 9.86. The zero-order valence-electron chi connectivity index (χ0n) is 13.1. The molecular formula is C15H15F7O3. The Morgan fingerprint density at radius 3 is 2.16 bits per heavy atom. The first-order valence-corrected chi connectivity index (χ1v) is 6.98. The first-order valence-electron chi connectivity index (χ1n) is 6.98. The van der Waals surface area contributed by atoms with Crippen molar-refractivity contribution in [1.82, 2.24) is 0 Å². The van der Waals surface area contributed by atoms with Crippen molar-refractivity contribution in [2.24, 2.45) is 0 Å². The van der Waals surface area contributed by atoms with Gasteiger partial charge in [-0.15, -0.1) is 0 Å². The highest BCUT2D eigenvalue weighted by molar-refractivity contribution is 5.89. The van der Waals surface area contributed by atoms with Crippen molar-refractivity contribution in [3.63, 3.8) is 0 Å². The summed E-state index contributed by atoms with van der Waals surface area (Å²) in [7, 11) is 0. The largest absolute Gasteiger partial charge is 0.462 e. The van der Waals surface area contributed by atoms with Gasteiger partial charge in [0, 0.05) is 0 Å². The second kappa shape index (κ2) is 6.81. The molecule has 1 rings (SSSR count). The topological polar surface area (TPSA) is 46.5 Å². The first-order chi connectivity index (χ1) is 11.2. The molecule has 0 aliphatic rings. The average Bonchev–Trinajstić information content (AvgIpc) is 2.45. The summed E-state index contributed by atoms with van der Waals surface area (Å²) in [5.41, 5.74) is -3.37. The number of halogens is 7. The average molecular weight is 376 g/mol. The number of alkyl halides is 7. The highest BCUT2D eigenvalue weighted by Crippen LogP contribution is 2.50. The van der Waals surface area contributed by atoms with Crippen LogP contribution in [0, 0.1) is 0 Å². The molecule has 25 heavy (non-hydrogen) atoms. The summed E-state index contributed by atoms with van der Waals surface area (Å²) in [4.78, 5) is 11.6. The molecule has 10 heteroatoms. The predicted octanol–water partition coefficient (Wildman–Crippen LogP) is 4.29. The van der Waals surface area contributed by atoms with E-state index in [1.54, 1.807) is 0 Å². The molecule has 0 radical (unpaired) electrons. The monoisotopic (exact) mass is 376 g/mol. The van der Waals surface area contributed by atoms with Gasteiger partial charge in [0.1, 0.15) is 0 Å². The highest BCUT2D eigenvalue weighted by Gasteiger charge is 2.73. The lowest BCUT2D eigenvalue weighted by molar-refractivity contribution is -0.361. The summed E-state index contributed by atoms with van der Waals surface area (Å²) in [5, 5.41) is 10.1. The van der Waals surface area contributed by atoms with Crippen molar-refractivity contribution in [2.45, 2.75) is 43.9 Å². The van der Waals surface area contributed by atoms with E-state index in [9.17, 15) is 40.6 Å². The fourth-order valence-electron chi connectivity index (χ4n) is 2.05. The molecule has 0 fully saturated rings. The van der Waals surface area contributed by atoms with E-state index in [4.69, 9.17) is 0 Å². The van der Waals surface area contributed by atoms with Crippen molar-refractivity contribution in [1.29, 1.82) is 0 Å². The van der Waals surface area contributed by atoms with Gasteiger partial charge in [0.25, 0.3) is 0 Å². The molecule has 0 aliphatic heterocycles. The Bertz CT molecular complexity index is 624. The number of esters is 1. The van der Waals surface area contributed by atoms with Crippen LogP contribution >= 0.6 is 0 Å². The van der Waals surface area contributed by atoms with Crippen molar-refractivity contribution in [3.8, 4) is 0 Å². The summed E-state index contributed by atoms with van der Waals surface area (Å²) in [6.07, 6.45) is -8.70. The smallest absolute Gasteiger partial charge is 0.459 e. The van der Waals surface area contributed by atoms with Crippen LogP contribution in [0.2, 0.25) is 0 Å². The Balaban J connectivity index is 3.17. The molecule has 142 valence electrons. The molecule has 0 spiro atoms. The Labute approximate surface area is 138 Å². The molecule has 1 N–H and O–H groups in total. The predicted molar refractivity (Wildman–Crippen MR) is 72.5 cm³/mol. The molecule has 0 amide bonds. The molecular weight excluding hydrogens is 361 g/mol. The van der Waals surface area contributed by atoms with Gasteiger partial charge in [-0.1, -0.05) is 12.1 Å². The quantitative estimate of drug-likeness (QED) is 0.595. The molecule has 0 saturated heterocycles. The van der Waals surface area contributed by atoms with Crippen LogP contribution in [0.4, 0.5) is 30.7 Å². The van der Waals surface area contributed by atoms with E-state index in [1.807, 2.05) is 0 Å². The van der Waals surface area contributed by atoms with Crippen LogP contribution in [0.15, 0.2) is 24.3 Å². The number of ether oxygens (including phenoxy) is 1. The van der Waals surface area contributed by atoms with Crippen LogP contribution in [0.5, 0.6) is 0 Å². The van der Waals surface area contributed by atoms with Crippen LogP contribution in [0.25, 0.3) is 0 Å². The SMILES string of the molecule is CCOC(=O)c1cccc(C(C)(O)CC(F)(F)C(F)(F)C(F)(F)F)c1. The van der Waals surface area contributed by atoms with Gasteiger partial charge in [0.05, 0.1) is 24.2 Å². The fraction of sp³-hybridized carbons (Fsp3) is 0.533. The number of hydrogen-bond donors (Lipinski definition) is 1. The minimum absolute atomic E-state index is 0.00463. The summed E-state index contributed by atoms with van der Waals surface area (Å²) < 4.78 is 94.3. The molecule has 0 saturated carbocycles. The van der Waals surface area contributed by atoms with Gasteiger partial charge in [-0.3, -0.25) is 0 Å². The normalized spacial score (nSPS) is 15.6. The van der Waals surface area contributed by atoms with Crippen molar-refractivity contribution in [2.75, 3.05) is 6.61 Å². The van der Waals surface area contributed by atoms with Crippen LogP contribution in [-0.2, 0) is 10.3 Å². The van der Waals surface area contributed by atoms with Gasteiger partial charge < -0.3 is 9.84 Å². The minimum Gasteiger partial charge on any atom is -0.462 e. The molecule has 1 atom stereocenters. The summed E-state index contributed by atoms with van der Waals surface area (Å²) in [6, 6.07) is 4.26. The number of carbonyl (C=O) groups excluding carboxylic acids is 1. The minimum atomic E-state index is -6.49. The Hall–Kier alpha value is -1.84. The van der Waals surface area contributed by atoms with Crippen LogP contribution in [-0.4, -0.2) is 35.7 Å². The molecule has 1 aromatic rings. The third-order valence-electron chi connectivity index (χ3n) is 3.38. The van der Waals surface area contributed by atoms with Gasteiger partial charge in [0.2, 0.25) is 0 Å². The first kappa shape index (κ1) is 21.2. The van der Waals surface area contributed by atoms with E-state index < -0.39 is 41.6 Å². The van der Waals surface area contributed by atoms with Crippen molar-refractivity contribution >= 4 is 5.97 Å². The zero-order chi connectivity index (χ0) is 19.7.